The number of benzene rings is 1. The average Bonchev–Trinajstić information content (AvgIpc) is 2.45. The van der Waals surface area contributed by atoms with Crippen LogP contribution in [-0.2, 0) is 0 Å². The summed E-state index contributed by atoms with van der Waals surface area (Å²) in [4.78, 5) is 2.44. The maximum absolute atomic E-state index is 13.7. The molecule has 1 aromatic carbocycles. The summed E-state index contributed by atoms with van der Waals surface area (Å²) < 4.78 is 19.1. The van der Waals surface area contributed by atoms with Gasteiger partial charge in [0, 0.05) is 37.8 Å². The van der Waals surface area contributed by atoms with Crippen molar-refractivity contribution >= 4 is 12.4 Å². The molecule has 1 N–H and O–H groups in total. The quantitative estimate of drug-likeness (QED) is 0.902. The van der Waals surface area contributed by atoms with E-state index in [4.69, 9.17) is 4.74 Å². The van der Waals surface area contributed by atoms with Crippen molar-refractivity contribution in [2.45, 2.75) is 26.3 Å². The molecule has 1 heterocycles. The molecular weight excluding hydrogens is 291 g/mol. The lowest BCUT2D eigenvalue weighted by atomic mass is 9.94. The van der Waals surface area contributed by atoms with Crippen molar-refractivity contribution in [3.8, 4) is 5.75 Å². The van der Waals surface area contributed by atoms with E-state index < -0.39 is 0 Å². The van der Waals surface area contributed by atoms with Crippen LogP contribution in [-0.4, -0.2) is 38.2 Å². The van der Waals surface area contributed by atoms with E-state index in [-0.39, 0.29) is 24.3 Å². The van der Waals surface area contributed by atoms with Gasteiger partial charge in [0.15, 0.2) is 0 Å². The number of rotatable bonds is 5. The molecule has 0 saturated carbocycles. The number of methoxy groups -OCH3 is 1. The molecule has 5 heteroatoms. The lowest BCUT2D eigenvalue weighted by molar-refractivity contribution is 0.151. The molecule has 1 atom stereocenters. The SMILES string of the molecule is COc1ccc(F)cc1[C@@H](CC(C)C)N1CCNCC1.Cl. The van der Waals surface area contributed by atoms with Gasteiger partial charge < -0.3 is 10.1 Å². The zero-order valence-electron chi connectivity index (χ0n) is 13.1. The molecule has 0 amide bonds. The topological polar surface area (TPSA) is 24.5 Å². The number of hydrogen-bond donors (Lipinski definition) is 1. The van der Waals surface area contributed by atoms with Crippen LogP contribution in [0.15, 0.2) is 18.2 Å². The van der Waals surface area contributed by atoms with Gasteiger partial charge in [-0.3, -0.25) is 4.90 Å². The van der Waals surface area contributed by atoms with Crippen molar-refractivity contribution in [3.05, 3.63) is 29.6 Å². The molecule has 0 spiro atoms. The van der Waals surface area contributed by atoms with Gasteiger partial charge in [0.05, 0.1) is 7.11 Å². The number of halogens is 2. The molecule has 21 heavy (non-hydrogen) atoms. The molecule has 1 fully saturated rings. The highest BCUT2D eigenvalue weighted by molar-refractivity contribution is 5.85. The van der Waals surface area contributed by atoms with Gasteiger partial charge in [-0.25, -0.2) is 4.39 Å². The highest BCUT2D eigenvalue weighted by atomic mass is 35.5. The molecule has 1 aromatic rings. The summed E-state index contributed by atoms with van der Waals surface area (Å²) in [7, 11) is 1.65. The predicted molar refractivity (Wildman–Crippen MR) is 86.8 cm³/mol. The standard InChI is InChI=1S/C16H25FN2O.ClH/c1-12(2)10-15(19-8-6-18-7-9-19)14-11-13(17)4-5-16(14)20-3;/h4-5,11-12,15,18H,6-10H2,1-3H3;1H/t15-;/m1./s1. The molecule has 1 aliphatic rings. The van der Waals surface area contributed by atoms with Crippen molar-refractivity contribution in [2.24, 2.45) is 5.92 Å². The van der Waals surface area contributed by atoms with E-state index in [0.29, 0.717) is 5.92 Å². The second-order valence-corrected chi connectivity index (χ2v) is 5.82. The first-order valence-corrected chi connectivity index (χ1v) is 7.40. The van der Waals surface area contributed by atoms with Gasteiger partial charge in [-0.05, 0) is 30.5 Å². The summed E-state index contributed by atoms with van der Waals surface area (Å²) in [6, 6.07) is 5.06. The van der Waals surface area contributed by atoms with E-state index in [9.17, 15) is 4.39 Å². The third-order valence-corrected chi connectivity index (χ3v) is 3.84. The molecule has 0 bridgehead atoms. The number of nitrogens with one attached hydrogen (secondary N) is 1. The van der Waals surface area contributed by atoms with E-state index in [1.165, 1.54) is 6.07 Å². The lowest BCUT2D eigenvalue weighted by Crippen LogP contribution is -2.45. The van der Waals surface area contributed by atoms with Crippen LogP contribution in [0, 0.1) is 11.7 Å². The van der Waals surface area contributed by atoms with E-state index in [1.54, 1.807) is 19.2 Å². The van der Waals surface area contributed by atoms with Crippen molar-refractivity contribution in [2.75, 3.05) is 33.3 Å². The van der Waals surface area contributed by atoms with Crippen molar-refractivity contribution in [3.63, 3.8) is 0 Å². The molecule has 1 saturated heterocycles. The molecule has 2 rings (SSSR count). The van der Waals surface area contributed by atoms with Crippen LogP contribution in [0.25, 0.3) is 0 Å². The van der Waals surface area contributed by atoms with Gasteiger partial charge in [0.2, 0.25) is 0 Å². The van der Waals surface area contributed by atoms with Gasteiger partial charge in [0.25, 0.3) is 0 Å². The number of ether oxygens (including phenoxy) is 1. The lowest BCUT2D eigenvalue weighted by Gasteiger charge is -2.36. The van der Waals surface area contributed by atoms with Crippen LogP contribution in [0.4, 0.5) is 4.39 Å². The number of hydrogen-bond acceptors (Lipinski definition) is 3. The Bertz CT molecular complexity index is 436. The fraction of sp³-hybridized carbons (Fsp3) is 0.625. The van der Waals surface area contributed by atoms with Crippen molar-refractivity contribution in [1.82, 2.24) is 10.2 Å². The summed E-state index contributed by atoms with van der Waals surface area (Å²) in [6.07, 6.45) is 1.01. The maximum atomic E-state index is 13.7. The second-order valence-electron chi connectivity index (χ2n) is 5.82. The van der Waals surface area contributed by atoms with Gasteiger partial charge in [0.1, 0.15) is 11.6 Å². The van der Waals surface area contributed by atoms with Crippen LogP contribution < -0.4 is 10.1 Å². The largest absolute Gasteiger partial charge is 0.496 e. The monoisotopic (exact) mass is 316 g/mol. The first-order chi connectivity index (χ1) is 9.61. The first kappa shape index (κ1) is 18.2. The smallest absolute Gasteiger partial charge is 0.123 e. The second kappa shape index (κ2) is 8.57. The van der Waals surface area contributed by atoms with Gasteiger partial charge in [-0.15, -0.1) is 12.4 Å². The minimum atomic E-state index is -0.190. The van der Waals surface area contributed by atoms with Crippen molar-refractivity contribution < 1.29 is 9.13 Å². The van der Waals surface area contributed by atoms with Crippen molar-refractivity contribution in [1.29, 1.82) is 0 Å². The van der Waals surface area contributed by atoms with Crippen LogP contribution in [0.5, 0.6) is 5.75 Å². The summed E-state index contributed by atoms with van der Waals surface area (Å²) in [6.45, 7) is 8.40. The normalized spacial score (nSPS) is 17.4. The van der Waals surface area contributed by atoms with Crippen LogP contribution >= 0.6 is 12.4 Å². The maximum Gasteiger partial charge on any atom is 0.123 e. The number of piperazine rings is 1. The Morgan fingerprint density at radius 2 is 1.95 bits per heavy atom. The summed E-state index contributed by atoms with van der Waals surface area (Å²) >= 11 is 0. The highest BCUT2D eigenvalue weighted by Gasteiger charge is 2.26. The van der Waals surface area contributed by atoms with E-state index in [0.717, 1.165) is 43.9 Å². The molecule has 1 aliphatic heterocycles. The van der Waals surface area contributed by atoms with E-state index >= 15 is 0 Å². The Kier molecular flexibility index (Phi) is 7.43. The minimum absolute atomic E-state index is 0. The Labute approximate surface area is 133 Å². The fourth-order valence-corrected chi connectivity index (χ4v) is 2.88. The molecule has 3 nitrogen and oxygen atoms in total. The van der Waals surface area contributed by atoms with Crippen LogP contribution in [0.3, 0.4) is 0 Å². The van der Waals surface area contributed by atoms with Crippen LogP contribution in [0.1, 0.15) is 31.9 Å². The van der Waals surface area contributed by atoms with Gasteiger partial charge in [-0.2, -0.15) is 0 Å². The minimum Gasteiger partial charge on any atom is -0.496 e. The molecule has 0 aliphatic carbocycles. The first-order valence-electron chi connectivity index (χ1n) is 7.40. The summed E-state index contributed by atoms with van der Waals surface area (Å²) in [5.74, 6) is 1.16. The molecular formula is C16H26ClFN2O. The fourth-order valence-electron chi connectivity index (χ4n) is 2.88. The molecule has 0 unspecified atom stereocenters. The Balaban J connectivity index is 0.00000220. The Morgan fingerprint density at radius 3 is 2.52 bits per heavy atom. The van der Waals surface area contributed by atoms with Gasteiger partial charge in [-0.1, -0.05) is 13.8 Å². The molecule has 0 radical (unpaired) electrons. The highest BCUT2D eigenvalue weighted by Crippen LogP contribution is 2.34. The van der Waals surface area contributed by atoms with Gasteiger partial charge >= 0.3 is 0 Å². The summed E-state index contributed by atoms with van der Waals surface area (Å²) in [5, 5.41) is 3.37. The molecule has 120 valence electrons. The third-order valence-electron chi connectivity index (χ3n) is 3.84. The predicted octanol–water partition coefficient (Wildman–Crippen LogP) is 3.25. The average molecular weight is 317 g/mol. The summed E-state index contributed by atoms with van der Waals surface area (Å²) in [5.41, 5.74) is 0.975. The zero-order chi connectivity index (χ0) is 14.5. The Morgan fingerprint density at radius 1 is 1.29 bits per heavy atom. The van der Waals surface area contributed by atoms with Crippen LogP contribution in [0.2, 0.25) is 0 Å². The van der Waals surface area contributed by atoms with E-state index in [2.05, 4.69) is 24.1 Å². The van der Waals surface area contributed by atoms with E-state index in [1.807, 2.05) is 0 Å². The molecule has 0 aromatic heterocycles. The zero-order valence-corrected chi connectivity index (χ0v) is 13.9. The third kappa shape index (κ3) is 4.83. The Hall–Kier alpha value is -0.840. The number of nitrogens with zero attached hydrogens (tertiary/aromatic N) is 1.